The van der Waals surface area contributed by atoms with Gasteiger partial charge < -0.3 is 10.2 Å². The summed E-state index contributed by atoms with van der Waals surface area (Å²) in [6.07, 6.45) is 1.81. The van der Waals surface area contributed by atoms with Gasteiger partial charge in [-0.05, 0) is 36.9 Å². The maximum atomic E-state index is 5.76. The Kier molecular flexibility index (Phi) is 3.83. The molecule has 2 aromatic heterocycles. The van der Waals surface area contributed by atoms with E-state index in [1.54, 1.807) is 0 Å². The molecule has 3 aromatic rings. The van der Waals surface area contributed by atoms with Crippen molar-refractivity contribution in [1.29, 1.82) is 0 Å². The number of benzene rings is 1. The Bertz CT molecular complexity index is 723. The van der Waals surface area contributed by atoms with Crippen molar-refractivity contribution in [2.45, 2.75) is 20.0 Å². The van der Waals surface area contributed by atoms with Crippen molar-refractivity contribution in [3.05, 3.63) is 54.2 Å². The second-order valence-corrected chi connectivity index (χ2v) is 4.96. The molecule has 21 heavy (non-hydrogen) atoms. The molecule has 0 bridgehead atoms. The van der Waals surface area contributed by atoms with Crippen LogP contribution in [-0.2, 0) is 13.1 Å². The second kappa shape index (κ2) is 5.93. The van der Waals surface area contributed by atoms with E-state index in [1.165, 1.54) is 0 Å². The van der Waals surface area contributed by atoms with Crippen molar-refractivity contribution in [2.24, 2.45) is 0 Å². The lowest BCUT2D eigenvalue weighted by Gasteiger charge is -2.17. The zero-order chi connectivity index (χ0) is 14.7. The quantitative estimate of drug-likeness (QED) is 0.729. The zero-order valence-corrected chi connectivity index (χ0v) is 12.0. The molecule has 3 rings (SSSR count). The van der Waals surface area contributed by atoms with Crippen LogP contribution in [0.2, 0.25) is 0 Å². The molecule has 0 fully saturated rings. The van der Waals surface area contributed by atoms with E-state index in [-0.39, 0.29) is 0 Å². The molecule has 5 nitrogen and oxygen atoms in total. The van der Waals surface area contributed by atoms with Gasteiger partial charge in [0.05, 0.1) is 12.2 Å². The number of pyridine rings is 1. The fourth-order valence-electron chi connectivity index (χ4n) is 2.25. The lowest BCUT2D eigenvalue weighted by Crippen LogP contribution is -2.22. The average Bonchev–Trinajstić information content (AvgIpc) is 2.89. The molecule has 108 valence electrons. The lowest BCUT2D eigenvalue weighted by molar-refractivity contribution is 0.242. The molecule has 0 radical (unpaired) electrons. The van der Waals surface area contributed by atoms with Crippen molar-refractivity contribution >= 4 is 16.8 Å². The first-order valence-corrected chi connectivity index (χ1v) is 7.02. The number of anilines is 1. The van der Waals surface area contributed by atoms with E-state index in [0.717, 1.165) is 29.9 Å². The Morgan fingerprint density at radius 3 is 2.86 bits per heavy atom. The fourth-order valence-corrected chi connectivity index (χ4v) is 2.25. The van der Waals surface area contributed by atoms with Crippen LogP contribution in [0.4, 0.5) is 5.69 Å². The van der Waals surface area contributed by atoms with Gasteiger partial charge in [-0.15, -0.1) is 0 Å². The second-order valence-electron chi connectivity index (χ2n) is 4.96. The minimum atomic E-state index is 0.654. The van der Waals surface area contributed by atoms with Crippen molar-refractivity contribution in [3.8, 4) is 0 Å². The SMILES string of the molecule is CCN(Cc1ccccn1)Cc1nc2cc(N)ccc2o1. The van der Waals surface area contributed by atoms with Gasteiger partial charge in [-0.3, -0.25) is 9.88 Å². The number of rotatable bonds is 5. The third kappa shape index (κ3) is 3.20. The molecule has 0 spiro atoms. The van der Waals surface area contributed by atoms with Crippen LogP contribution in [0.15, 0.2) is 47.0 Å². The van der Waals surface area contributed by atoms with Crippen LogP contribution in [0.3, 0.4) is 0 Å². The molecule has 1 aromatic carbocycles. The first kappa shape index (κ1) is 13.6. The van der Waals surface area contributed by atoms with Gasteiger partial charge in [-0.2, -0.15) is 0 Å². The monoisotopic (exact) mass is 282 g/mol. The number of hydrogen-bond donors (Lipinski definition) is 1. The molecule has 0 aliphatic heterocycles. The predicted molar refractivity (Wildman–Crippen MR) is 82.4 cm³/mol. The molecular weight excluding hydrogens is 264 g/mol. The highest BCUT2D eigenvalue weighted by Gasteiger charge is 2.11. The van der Waals surface area contributed by atoms with Gasteiger partial charge in [-0.25, -0.2) is 4.98 Å². The number of aromatic nitrogens is 2. The van der Waals surface area contributed by atoms with Crippen molar-refractivity contribution < 1.29 is 4.42 Å². The highest BCUT2D eigenvalue weighted by Crippen LogP contribution is 2.19. The number of nitrogens with zero attached hydrogens (tertiary/aromatic N) is 3. The molecular formula is C16H18N4O. The first-order chi connectivity index (χ1) is 10.2. The maximum Gasteiger partial charge on any atom is 0.209 e. The van der Waals surface area contributed by atoms with E-state index in [9.17, 15) is 0 Å². The molecule has 2 heterocycles. The van der Waals surface area contributed by atoms with E-state index < -0.39 is 0 Å². The summed E-state index contributed by atoms with van der Waals surface area (Å²) in [5.41, 5.74) is 9.08. The van der Waals surface area contributed by atoms with E-state index in [2.05, 4.69) is 21.8 Å². The van der Waals surface area contributed by atoms with Gasteiger partial charge in [-0.1, -0.05) is 13.0 Å². The normalized spacial score (nSPS) is 11.3. The minimum Gasteiger partial charge on any atom is -0.439 e. The summed E-state index contributed by atoms with van der Waals surface area (Å²) in [6.45, 7) is 4.45. The third-order valence-corrected chi connectivity index (χ3v) is 3.37. The first-order valence-electron chi connectivity index (χ1n) is 7.02. The summed E-state index contributed by atoms with van der Waals surface area (Å²) in [7, 11) is 0. The highest BCUT2D eigenvalue weighted by molar-refractivity contribution is 5.76. The van der Waals surface area contributed by atoms with E-state index >= 15 is 0 Å². The molecule has 0 aliphatic rings. The number of hydrogen-bond acceptors (Lipinski definition) is 5. The zero-order valence-electron chi connectivity index (χ0n) is 12.0. The van der Waals surface area contributed by atoms with Crippen LogP contribution in [0.25, 0.3) is 11.1 Å². The number of fused-ring (bicyclic) bond motifs is 1. The van der Waals surface area contributed by atoms with Gasteiger partial charge in [0.1, 0.15) is 5.52 Å². The Hall–Kier alpha value is -2.40. The van der Waals surface area contributed by atoms with Crippen molar-refractivity contribution in [3.63, 3.8) is 0 Å². The Balaban J connectivity index is 1.76. The summed E-state index contributed by atoms with van der Waals surface area (Å²) in [5.74, 6) is 0.702. The standard InChI is InChI=1S/C16H18N4O/c1-2-20(10-13-5-3-4-8-18-13)11-16-19-14-9-12(17)6-7-15(14)21-16/h3-9H,2,10-11,17H2,1H3. The Morgan fingerprint density at radius 1 is 1.19 bits per heavy atom. The Morgan fingerprint density at radius 2 is 2.10 bits per heavy atom. The van der Waals surface area contributed by atoms with E-state index in [1.807, 2.05) is 42.6 Å². The summed E-state index contributed by atoms with van der Waals surface area (Å²) in [4.78, 5) is 11.1. The van der Waals surface area contributed by atoms with Gasteiger partial charge >= 0.3 is 0 Å². The van der Waals surface area contributed by atoms with E-state index in [0.29, 0.717) is 18.1 Å². The van der Waals surface area contributed by atoms with Crippen LogP contribution < -0.4 is 5.73 Å². The molecule has 0 unspecified atom stereocenters. The number of nitrogen functional groups attached to an aromatic ring is 1. The molecule has 0 saturated carbocycles. The predicted octanol–water partition coefficient (Wildman–Crippen LogP) is 2.83. The molecule has 2 N–H and O–H groups in total. The van der Waals surface area contributed by atoms with Gasteiger partial charge in [0.2, 0.25) is 5.89 Å². The Labute approximate surface area is 123 Å². The van der Waals surface area contributed by atoms with Crippen LogP contribution in [0.5, 0.6) is 0 Å². The van der Waals surface area contributed by atoms with Crippen molar-refractivity contribution in [2.75, 3.05) is 12.3 Å². The maximum absolute atomic E-state index is 5.76. The van der Waals surface area contributed by atoms with Gasteiger partial charge in [0.15, 0.2) is 5.58 Å². The molecule has 0 amide bonds. The highest BCUT2D eigenvalue weighted by atomic mass is 16.3. The topological polar surface area (TPSA) is 68.2 Å². The van der Waals surface area contributed by atoms with Crippen LogP contribution in [-0.4, -0.2) is 21.4 Å². The number of nitrogens with two attached hydrogens (primary N) is 1. The minimum absolute atomic E-state index is 0.654. The summed E-state index contributed by atoms with van der Waals surface area (Å²) < 4.78 is 5.76. The van der Waals surface area contributed by atoms with Gasteiger partial charge in [0, 0.05) is 18.4 Å². The van der Waals surface area contributed by atoms with Gasteiger partial charge in [0.25, 0.3) is 0 Å². The molecule has 0 saturated heterocycles. The lowest BCUT2D eigenvalue weighted by atomic mass is 10.3. The molecule has 0 atom stereocenters. The average molecular weight is 282 g/mol. The summed E-state index contributed by atoms with van der Waals surface area (Å²) >= 11 is 0. The van der Waals surface area contributed by atoms with Crippen LogP contribution >= 0.6 is 0 Å². The van der Waals surface area contributed by atoms with Crippen LogP contribution in [0, 0.1) is 0 Å². The smallest absolute Gasteiger partial charge is 0.209 e. The largest absolute Gasteiger partial charge is 0.439 e. The van der Waals surface area contributed by atoms with E-state index in [4.69, 9.17) is 10.2 Å². The third-order valence-electron chi connectivity index (χ3n) is 3.37. The summed E-state index contributed by atoms with van der Waals surface area (Å²) in [5, 5.41) is 0. The van der Waals surface area contributed by atoms with Crippen molar-refractivity contribution in [1.82, 2.24) is 14.9 Å². The number of oxazole rings is 1. The summed E-state index contributed by atoms with van der Waals surface area (Å²) in [6, 6.07) is 11.5. The van der Waals surface area contributed by atoms with Crippen LogP contribution in [0.1, 0.15) is 18.5 Å². The fraction of sp³-hybridized carbons (Fsp3) is 0.250. The molecule has 0 aliphatic carbocycles. The molecule has 5 heteroatoms.